The summed E-state index contributed by atoms with van der Waals surface area (Å²) in [7, 11) is 0. The van der Waals surface area contributed by atoms with Crippen molar-refractivity contribution < 1.29 is 23.5 Å². The summed E-state index contributed by atoms with van der Waals surface area (Å²) in [4.78, 5) is 50.8. The number of nitriles is 1. The third-order valence-electron chi connectivity index (χ3n) is 6.47. The predicted octanol–water partition coefficient (Wildman–Crippen LogP) is 2.50. The number of hydrogen-bond acceptors (Lipinski definition) is 7. The SMILES string of the molecule is CC(=O)N(Cc1ncc(F)cn1)C1CCN(C(=O)C2(C#N)CCN(C(=O)OC(C)(C)C)CC2)CC1. The number of carbonyl (C=O) groups is 3. The van der Waals surface area contributed by atoms with Gasteiger partial charge >= 0.3 is 6.09 Å². The van der Waals surface area contributed by atoms with Gasteiger partial charge in [-0.3, -0.25) is 9.59 Å². The lowest BCUT2D eigenvalue weighted by molar-refractivity contribution is -0.144. The highest BCUT2D eigenvalue weighted by Crippen LogP contribution is 2.35. The molecule has 2 aliphatic rings. The van der Waals surface area contributed by atoms with Crippen molar-refractivity contribution in [3.05, 3.63) is 24.0 Å². The molecule has 10 nitrogen and oxygen atoms in total. The molecule has 35 heavy (non-hydrogen) atoms. The number of likely N-dealkylation sites (tertiary alicyclic amines) is 2. The Bertz CT molecular complexity index is 971. The molecular formula is C24H33FN6O4. The zero-order valence-electron chi connectivity index (χ0n) is 20.8. The van der Waals surface area contributed by atoms with E-state index in [-0.39, 0.29) is 50.3 Å². The van der Waals surface area contributed by atoms with E-state index in [1.165, 1.54) is 6.92 Å². The summed E-state index contributed by atoms with van der Waals surface area (Å²) in [5, 5.41) is 9.92. The summed E-state index contributed by atoms with van der Waals surface area (Å²) in [5.41, 5.74) is -1.79. The summed E-state index contributed by atoms with van der Waals surface area (Å²) in [6, 6.07) is 2.12. The topological polar surface area (TPSA) is 120 Å². The summed E-state index contributed by atoms with van der Waals surface area (Å²) >= 11 is 0. The molecule has 1 aromatic rings. The van der Waals surface area contributed by atoms with Crippen LogP contribution in [0.25, 0.3) is 0 Å². The Hall–Kier alpha value is -3.29. The fraction of sp³-hybridized carbons (Fsp3) is 0.667. The minimum Gasteiger partial charge on any atom is -0.444 e. The molecule has 2 fully saturated rings. The molecule has 3 amide bonds. The molecule has 1 aromatic heterocycles. The van der Waals surface area contributed by atoms with Crippen molar-refractivity contribution in [3.8, 4) is 6.07 Å². The van der Waals surface area contributed by atoms with Gasteiger partial charge in [0.2, 0.25) is 11.8 Å². The van der Waals surface area contributed by atoms with Crippen molar-refractivity contribution in [1.29, 1.82) is 5.26 Å². The van der Waals surface area contributed by atoms with E-state index in [9.17, 15) is 24.0 Å². The molecule has 190 valence electrons. The fourth-order valence-corrected chi connectivity index (χ4v) is 4.52. The van der Waals surface area contributed by atoms with Gasteiger partial charge in [-0.05, 0) is 46.5 Å². The van der Waals surface area contributed by atoms with Crippen molar-refractivity contribution >= 4 is 17.9 Å². The zero-order valence-corrected chi connectivity index (χ0v) is 20.8. The summed E-state index contributed by atoms with van der Waals surface area (Å²) in [6.07, 6.45) is 3.31. The molecule has 0 aliphatic carbocycles. The van der Waals surface area contributed by atoms with Gasteiger partial charge in [0.1, 0.15) is 16.8 Å². The van der Waals surface area contributed by atoms with Crippen LogP contribution in [0.2, 0.25) is 0 Å². The number of hydrogen-bond donors (Lipinski definition) is 0. The number of rotatable bonds is 4. The molecule has 3 heterocycles. The van der Waals surface area contributed by atoms with Gasteiger partial charge in [0.15, 0.2) is 5.82 Å². The molecule has 2 saturated heterocycles. The van der Waals surface area contributed by atoms with Crippen LogP contribution in [-0.2, 0) is 20.9 Å². The molecule has 0 aromatic carbocycles. The Morgan fingerprint density at radius 3 is 2.20 bits per heavy atom. The first-order valence-electron chi connectivity index (χ1n) is 11.9. The molecule has 2 aliphatic heterocycles. The average molecular weight is 489 g/mol. The molecule has 0 spiro atoms. The lowest BCUT2D eigenvalue weighted by Crippen LogP contribution is -2.54. The van der Waals surface area contributed by atoms with Gasteiger partial charge in [0, 0.05) is 39.1 Å². The van der Waals surface area contributed by atoms with E-state index in [1.807, 2.05) is 0 Å². The van der Waals surface area contributed by atoms with Crippen LogP contribution >= 0.6 is 0 Å². The van der Waals surface area contributed by atoms with E-state index in [1.54, 1.807) is 35.5 Å². The summed E-state index contributed by atoms with van der Waals surface area (Å²) < 4.78 is 18.5. The maximum Gasteiger partial charge on any atom is 0.410 e. The smallest absolute Gasteiger partial charge is 0.410 e. The van der Waals surface area contributed by atoms with Gasteiger partial charge in [-0.25, -0.2) is 19.2 Å². The number of aromatic nitrogens is 2. The van der Waals surface area contributed by atoms with Crippen LogP contribution in [0.1, 0.15) is 59.2 Å². The minimum absolute atomic E-state index is 0.114. The minimum atomic E-state index is -1.17. The van der Waals surface area contributed by atoms with Crippen molar-refractivity contribution in [1.82, 2.24) is 24.7 Å². The molecule has 11 heteroatoms. The maximum atomic E-state index is 13.4. The van der Waals surface area contributed by atoms with Crippen LogP contribution in [-0.4, -0.2) is 80.4 Å². The Morgan fingerprint density at radius 2 is 1.71 bits per heavy atom. The molecule has 0 saturated carbocycles. The van der Waals surface area contributed by atoms with Crippen LogP contribution in [0.15, 0.2) is 12.4 Å². The van der Waals surface area contributed by atoms with Gasteiger partial charge in [-0.15, -0.1) is 0 Å². The number of ether oxygens (including phenoxy) is 1. The van der Waals surface area contributed by atoms with Gasteiger partial charge in [-0.2, -0.15) is 5.26 Å². The van der Waals surface area contributed by atoms with Crippen LogP contribution in [0.5, 0.6) is 0 Å². The van der Waals surface area contributed by atoms with E-state index < -0.39 is 22.9 Å². The van der Waals surface area contributed by atoms with E-state index in [0.717, 1.165) is 12.4 Å². The van der Waals surface area contributed by atoms with Crippen LogP contribution in [0.4, 0.5) is 9.18 Å². The second-order valence-electron chi connectivity index (χ2n) is 10.1. The molecule has 3 rings (SSSR count). The van der Waals surface area contributed by atoms with Crippen LogP contribution in [0, 0.1) is 22.6 Å². The highest BCUT2D eigenvalue weighted by Gasteiger charge is 2.46. The maximum absolute atomic E-state index is 13.4. The first-order chi connectivity index (χ1) is 16.4. The molecule has 0 atom stereocenters. The lowest BCUT2D eigenvalue weighted by Gasteiger charge is -2.42. The molecule has 0 radical (unpaired) electrons. The Balaban J connectivity index is 1.58. The van der Waals surface area contributed by atoms with Crippen molar-refractivity contribution in [2.45, 2.75) is 71.6 Å². The Kier molecular flexibility index (Phi) is 7.93. The van der Waals surface area contributed by atoms with Crippen molar-refractivity contribution in [2.24, 2.45) is 5.41 Å². The molecule has 0 N–H and O–H groups in total. The predicted molar refractivity (Wildman–Crippen MR) is 123 cm³/mol. The largest absolute Gasteiger partial charge is 0.444 e. The van der Waals surface area contributed by atoms with Crippen LogP contribution in [0.3, 0.4) is 0 Å². The van der Waals surface area contributed by atoms with Gasteiger partial charge in [-0.1, -0.05) is 0 Å². The highest BCUT2D eigenvalue weighted by molar-refractivity contribution is 5.86. The number of amides is 3. The zero-order chi connectivity index (χ0) is 25.8. The van der Waals surface area contributed by atoms with Crippen molar-refractivity contribution in [2.75, 3.05) is 26.2 Å². The number of carbonyl (C=O) groups excluding carboxylic acids is 3. The quantitative estimate of drug-likeness (QED) is 0.639. The highest BCUT2D eigenvalue weighted by atomic mass is 19.1. The van der Waals surface area contributed by atoms with Crippen molar-refractivity contribution in [3.63, 3.8) is 0 Å². The van der Waals surface area contributed by atoms with E-state index in [2.05, 4.69) is 16.0 Å². The van der Waals surface area contributed by atoms with Gasteiger partial charge < -0.3 is 19.4 Å². The Labute approximate surface area is 205 Å². The monoisotopic (exact) mass is 488 g/mol. The second-order valence-corrected chi connectivity index (χ2v) is 10.1. The number of piperidine rings is 2. The normalized spacial score (nSPS) is 18.5. The Morgan fingerprint density at radius 1 is 1.14 bits per heavy atom. The van der Waals surface area contributed by atoms with Crippen LogP contribution < -0.4 is 0 Å². The van der Waals surface area contributed by atoms with Gasteiger partial charge in [0.05, 0.1) is 25.0 Å². The first-order valence-corrected chi connectivity index (χ1v) is 11.9. The third-order valence-corrected chi connectivity index (χ3v) is 6.47. The second kappa shape index (κ2) is 10.5. The van der Waals surface area contributed by atoms with E-state index in [4.69, 9.17) is 4.74 Å². The van der Waals surface area contributed by atoms with Gasteiger partial charge in [0.25, 0.3) is 0 Å². The lowest BCUT2D eigenvalue weighted by atomic mass is 9.78. The fourth-order valence-electron chi connectivity index (χ4n) is 4.52. The standard InChI is InChI=1S/C24H33FN6O4/c1-17(32)31(15-20-27-13-18(25)14-28-20)19-5-9-29(10-6-19)21(33)24(16-26)7-11-30(12-8-24)22(34)35-23(2,3)4/h13-14,19H,5-12,15H2,1-4H3. The number of nitrogens with zero attached hydrogens (tertiary/aromatic N) is 6. The van der Waals surface area contributed by atoms with E-state index in [0.29, 0.717) is 31.8 Å². The summed E-state index contributed by atoms with van der Waals surface area (Å²) in [6.45, 7) is 8.39. The molecule has 0 unspecified atom stereocenters. The molecular weight excluding hydrogens is 455 g/mol. The average Bonchev–Trinajstić information content (AvgIpc) is 2.82. The first kappa shape index (κ1) is 26.3. The molecule has 0 bridgehead atoms. The van der Waals surface area contributed by atoms with E-state index >= 15 is 0 Å². The third kappa shape index (κ3) is 6.44. The number of halogens is 1. The summed E-state index contributed by atoms with van der Waals surface area (Å²) in [5.74, 6) is -0.567.